The van der Waals surface area contributed by atoms with Gasteiger partial charge in [-0.25, -0.2) is 0 Å². The van der Waals surface area contributed by atoms with E-state index < -0.39 is 10.8 Å². The first kappa shape index (κ1) is 22.4. The Morgan fingerprint density at radius 1 is 1.12 bits per heavy atom. The highest BCUT2D eigenvalue weighted by molar-refractivity contribution is 6.33. The minimum Gasteiger partial charge on any atom is -0.479 e. The van der Waals surface area contributed by atoms with E-state index in [1.165, 1.54) is 18.2 Å². The third-order valence-electron chi connectivity index (χ3n) is 4.52. The molecule has 168 valence electrons. The van der Waals surface area contributed by atoms with Crippen LogP contribution in [0.5, 0.6) is 5.75 Å². The van der Waals surface area contributed by atoms with Crippen LogP contribution in [0.4, 0.5) is 11.5 Å². The Morgan fingerprint density at radius 2 is 1.88 bits per heavy atom. The largest absolute Gasteiger partial charge is 0.479 e. The number of para-hydroxylation sites is 2. The lowest BCUT2D eigenvalue weighted by atomic mass is 10.2. The monoisotopic (exact) mass is 486 g/mol. The number of carbonyl (C=O) groups is 1. The highest BCUT2D eigenvalue weighted by Crippen LogP contribution is 2.27. The highest BCUT2D eigenvalue weighted by atomic mass is 35.5. The molecule has 0 bridgehead atoms. The summed E-state index contributed by atoms with van der Waals surface area (Å²) in [6.07, 6.45) is 1.60. The molecule has 1 N–H and O–H groups in total. The number of halogens is 2. The third-order valence-corrected chi connectivity index (χ3v) is 5.05. The van der Waals surface area contributed by atoms with Crippen LogP contribution < -0.4 is 10.1 Å². The van der Waals surface area contributed by atoms with Crippen LogP contribution in [0.15, 0.2) is 71.3 Å². The Kier molecular flexibility index (Phi) is 6.62. The molecule has 9 nitrogen and oxygen atoms in total. The Morgan fingerprint density at radius 3 is 2.64 bits per heavy atom. The first-order chi connectivity index (χ1) is 15.9. The quantitative estimate of drug-likeness (QED) is 0.257. The summed E-state index contributed by atoms with van der Waals surface area (Å²) in [7, 11) is 0. The molecule has 0 radical (unpaired) electrons. The first-order valence-corrected chi connectivity index (χ1v) is 10.4. The number of hydrogen-bond acceptors (Lipinski definition) is 6. The van der Waals surface area contributed by atoms with Gasteiger partial charge in [-0.3, -0.25) is 19.6 Å². The average Bonchev–Trinajstić information content (AvgIpc) is 3.40. The topological polar surface area (TPSA) is 112 Å². The van der Waals surface area contributed by atoms with Gasteiger partial charge in [-0.2, -0.15) is 5.10 Å². The van der Waals surface area contributed by atoms with Gasteiger partial charge >= 0.3 is 5.69 Å². The van der Waals surface area contributed by atoms with Crippen LogP contribution in [0, 0.1) is 10.1 Å². The van der Waals surface area contributed by atoms with Crippen molar-refractivity contribution in [1.29, 1.82) is 0 Å². The maximum atomic E-state index is 12.5. The van der Waals surface area contributed by atoms with Crippen molar-refractivity contribution in [3.05, 3.63) is 104 Å². The zero-order valence-corrected chi connectivity index (χ0v) is 18.4. The van der Waals surface area contributed by atoms with Gasteiger partial charge in [-0.15, -0.1) is 0 Å². The lowest BCUT2D eigenvalue weighted by molar-refractivity contribution is -0.386. The molecule has 11 heteroatoms. The fourth-order valence-electron chi connectivity index (χ4n) is 2.97. The van der Waals surface area contributed by atoms with Crippen molar-refractivity contribution >= 4 is 40.6 Å². The number of nitrogens with zero attached hydrogens (tertiary/aromatic N) is 3. The minimum atomic E-state index is -0.550. The second-order valence-electron chi connectivity index (χ2n) is 6.88. The molecule has 0 saturated heterocycles. The number of aromatic nitrogens is 2. The summed E-state index contributed by atoms with van der Waals surface area (Å²) in [6.45, 7) is 0.356. The van der Waals surface area contributed by atoms with Gasteiger partial charge in [0.15, 0.2) is 17.3 Å². The zero-order valence-electron chi connectivity index (χ0n) is 16.9. The van der Waals surface area contributed by atoms with Gasteiger partial charge in [-0.1, -0.05) is 47.5 Å². The Bertz CT molecular complexity index is 1300. The number of anilines is 1. The number of rotatable bonds is 8. The molecular weight excluding hydrogens is 471 g/mol. The summed E-state index contributed by atoms with van der Waals surface area (Å²) in [5.41, 5.74) is 0.802. The van der Waals surface area contributed by atoms with Crippen LogP contribution in [0.2, 0.25) is 10.0 Å². The van der Waals surface area contributed by atoms with Crippen LogP contribution in [0.1, 0.15) is 21.9 Å². The zero-order chi connectivity index (χ0) is 23.4. The van der Waals surface area contributed by atoms with E-state index in [1.807, 2.05) is 12.1 Å². The Balaban J connectivity index is 1.38. The summed E-state index contributed by atoms with van der Waals surface area (Å²) in [4.78, 5) is 23.1. The third kappa shape index (κ3) is 5.51. The fraction of sp³-hybridized carbons (Fsp3) is 0.0909. The van der Waals surface area contributed by atoms with E-state index >= 15 is 0 Å². The lowest BCUT2D eigenvalue weighted by Gasteiger charge is -2.04. The molecule has 0 atom stereocenters. The standard InChI is InChI=1S/C22H16Cl2N4O5/c23-15-7-5-14(6-8-15)11-27-12-17(24)21(26-27)25-22(29)20-10-9-16(33-20)13-32-19-4-2-1-3-18(19)28(30)31/h1-10,12H,11,13H2,(H,25,26,29). The predicted octanol–water partition coefficient (Wildman–Crippen LogP) is 5.57. The highest BCUT2D eigenvalue weighted by Gasteiger charge is 2.18. The second kappa shape index (κ2) is 9.76. The summed E-state index contributed by atoms with van der Waals surface area (Å²) in [5.74, 6) is 0.0652. The fourth-order valence-corrected chi connectivity index (χ4v) is 3.29. The van der Waals surface area contributed by atoms with Gasteiger partial charge in [0.2, 0.25) is 0 Å². The van der Waals surface area contributed by atoms with Crippen LogP contribution in [0.3, 0.4) is 0 Å². The number of furan rings is 1. The maximum Gasteiger partial charge on any atom is 0.310 e. The number of nitro benzene ring substituents is 1. The van der Waals surface area contributed by atoms with E-state index in [-0.39, 0.29) is 34.6 Å². The number of nitro groups is 1. The van der Waals surface area contributed by atoms with E-state index in [2.05, 4.69) is 10.4 Å². The molecule has 0 saturated carbocycles. The smallest absolute Gasteiger partial charge is 0.310 e. The number of nitrogens with one attached hydrogen (secondary N) is 1. The van der Waals surface area contributed by atoms with Crippen molar-refractivity contribution in [2.24, 2.45) is 0 Å². The van der Waals surface area contributed by atoms with Gasteiger partial charge in [-0.05, 0) is 35.9 Å². The molecule has 2 heterocycles. The van der Waals surface area contributed by atoms with Crippen LogP contribution in [-0.2, 0) is 13.2 Å². The number of hydrogen-bond donors (Lipinski definition) is 1. The van der Waals surface area contributed by atoms with Crippen LogP contribution in [-0.4, -0.2) is 20.6 Å². The molecule has 4 aromatic rings. The molecular formula is C22H16Cl2N4O5. The van der Waals surface area contributed by atoms with Gasteiger partial charge in [0, 0.05) is 17.3 Å². The molecule has 0 aliphatic carbocycles. The van der Waals surface area contributed by atoms with Gasteiger partial charge < -0.3 is 14.5 Å². The van der Waals surface area contributed by atoms with Crippen molar-refractivity contribution in [1.82, 2.24) is 9.78 Å². The number of amides is 1. The van der Waals surface area contributed by atoms with E-state index in [1.54, 1.807) is 41.2 Å². The van der Waals surface area contributed by atoms with Crippen molar-refractivity contribution in [3.63, 3.8) is 0 Å². The molecule has 33 heavy (non-hydrogen) atoms. The van der Waals surface area contributed by atoms with E-state index in [4.69, 9.17) is 32.4 Å². The summed E-state index contributed by atoms with van der Waals surface area (Å²) < 4.78 is 12.6. The molecule has 0 aliphatic heterocycles. The first-order valence-electron chi connectivity index (χ1n) is 9.63. The molecule has 0 unspecified atom stereocenters. The SMILES string of the molecule is O=C(Nc1nn(Cc2ccc(Cl)cc2)cc1Cl)c1ccc(COc2ccccc2[N+](=O)[O-])o1. The normalized spacial score (nSPS) is 10.7. The number of benzene rings is 2. The summed E-state index contributed by atoms with van der Waals surface area (Å²) >= 11 is 12.1. The van der Waals surface area contributed by atoms with Crippen molar-refractivity contribution < 1.29 is 18.9 Å². The molecule has 4 rings (SSSR count). The average molecular weight is 487 g/mol. The molecule has 0 fully saturated rings. The summed E-state index contributed by atoms with van der Waals surface area (Å²) in [6, 6.07) is 16.3. The molecule has 1 amide bonds. The molecule has 0 spiro atoms. The van der Waals surface area contributed by atoms with E-state index in [9.17, 15) is 14.9 Å². The molecule has 2 aromatic carbocycles. The molecule has 2 aromatic heterocycles. The van der Waals surface area contributed by atoms with Crippen molar-refractivity contribution in [2.75, 3.05) is 5.32 Å². The van der Waals surface area contributed by atoms with Crippen LogP contribution >= 0.6 is 23.2 Å². The van der Waals surface area contributed by atoms with Gasteiger partial charge in [0.1, 0.15) is 17.4 Å². The van der Waals surface area contributed by atoms with Gasteiger partial charge in [0.05, 0.1) is 11.5 Å². The maximum absolute atomic E-state index is 12.5. The predicted molar refractivity (Wildman–Crippen MR) is 122 cm³/mol. The second-order valence-corrected chi connectivity index (χ2v) is 7.73. The number of ether oxygens (including phenoxy) is 1. The Labute approximate surface area is 197 Å². The van der Waals surface area contributed by atoms with Crippen molar-refractivity contribution in [3.8, 4) is 5.75 Å². The Hall–Kier alpha value is -3.82. The minimum absolute atomic E-state index is 0.0134. The van der Waals surface area contributed by atoms with Gasteiger partial charge in [0.25, 0.3) is 5.91 Å². The summed E-state index contributed by atoms with van der Waals surface area (Å²) in [5, 5.41) is 18.9. The van der Waals surface area contributed by atoms with Crippen LogP contribution in [0.25, 0.3) is 0 Å². The lowest BCUT2D eigenvalue weighted by Crippen LogP contribution is -2.12. The molecule has 0 aliphatic rings. The number of carbonyl (C=O) groups excluding carboxylic acids is 1. The van der Waals surface area contributed by atoms with E-state index in [0.717, 1.165) is 5.56 Å². The van der Waals surface area contributed by atoms with E-state index in [0.29, 0.717) is 17.3 Å². The van der Waals surface area contributed by atoms with Crippen molar-refractivity contribution in [2.45, 2.75) is 13.2 Å².